The van der Waals surface area contributed by atoms with E-state index in [1.807, 2.05) is 0 Å². The molecule has 3 N–H and O–H groups in total. The van der Waals surface area contributed by atoms with Crippen molar-refractivity contribution in [2.75, 3.05) is 17.2 Å². The summed E-state index contributed by atoms with van der Waals surface area (Å²) in [5.74, 6) is 0.0619. The van der Waals surface area contributed by atoms with Crippen molar-refractivity contribution >= 4 is 29.2 Å². The summed E-state index contributed by atoms with van der Waals surface area (Å²) in [6.45, 7) is 0.278. The number of hydrogen-bond donors (Lipinski definition) is 2. The molecule has 8 heteroatoms. The molecule has 1 saturated heterocycles. The first-order chi connectivity index (χ1) is 8.65. The van der Waals surface area contributed by atoms with Gasteiger partial charge < -0.3 is 5.73 Å². The molecule has 1 fully saturated rings. The standard InChI is InChI=1S/C10H10N6O2/c11-6-1-2-7-13-14-9(16(7)5-6)15-4-3-8(17)12-10(15)18/h1-2,5H,3-4,11H2,(H,12,17,18). The molecule has 0 saturated carbocycles. The van der Waals surface area contributed by atoms with Crippen molar-refractivity contribution in [1.82, 2.24) is 19.9 Å². The lowest BCUT2D eigenvalue weighted by Crippen LogP contribution is -2.50. The van der Waals surface area contributed by atoms with E-state index in [0.717, 1.165) is 0 Å². The maximum Gasteiger partial charge on any atom is 0.330 e. The number of carbonyl (C=O) groups excluding carboxylic acids is 2. The summed E-state index contributed by atoms with van der Waals surface area (Å²) in [5.41, 5.74) is 6.81. The van der Waals surface area contributed by atoms with Crippen molar-refractivity contribution in [1.29, 1.82) is 0 Å². The minimum Gasteiger partial charge on any atom is -0.398 e. The number of nitrogens with two attached hydrogens (primary N) is 1. The number of hydrogen-bond acceptors (Lipinski definition) is 5. The molecule has 0 aromatic carbocycles. The summed E-state index contributed by atoms with van der Waals surface area (Å²) in [4.78, 5) is 24.2. The average Bonchev–Trinajstić information content (AvgIpc) is 2.72. The molecule has 2 aromatic rings. The predicted octanol–water partition coefficient (Wildman–Crippen LogP) is -0.242. The fraction of sp³-hybridized carbons (Fsp3) is 0.200. The van der Waals surface area contributed by atoms with Gasteiger partial charge in [-0.1, -0.05) is 0 Å². The van der Waals surface area contributed by atoms with Crippen molar-refractivity contribution in [3.63, 3.8) is 0 Å². The van der Waals surface area contributed by atoms with E-state index in [-0.39, 0.29) is 18.9 Å². The Labute approximate surface area is 101 Å². The first kappa shape index (κ1) is 10.5. The smallest absolute Gasteiger partial charge is 0.330 e. The highest BCUT2D eigenvalue weighted by molar-refractivity contribution is 6.04. The molecular formula is C10H10N6O2. The molecule has 0 aliphatic carbocycles. The first-order valence-corrected chi connectivity index (χ1v) is 5.37. The average molecular weight is 246 g/mol. The Morgan fingerprint density at radius 2 is 2.11 bits per heavy atom. The van der Waals surface area contributed by atoms with Crippen molar-refractivity contribution in [3.8, 4) is 0 Å². The maximum atomic E-state index is 11.7. The van der Waals surface area contributed by atoms with Gasteiger partial charge in [-0.05, 0) is 12.1 Å². The van der Waals surface area contributed by atoms with Crippen LogP contribution in [-0.2, 0) is 4.79 Å². The zero-order chi connectivity index (χ0) is 12.7. The van der Waals surface area contributed by atoms with Gasteiger partial charge in [0, 0.05) is 24.8 Å². The van der Waals surface area contributed by atoms with Crippen LogP contribution in [0.4, 0.5) is 16.4 Å². The van der Waals surface area contributed by atoms with Crippen LogP contribution in [0.2, 0.25) is 0 Å². The van der Waals surface area contributed by atoms with Crippen LogP contribution in [0.5, 0.6) is 0 Å². The van der Waals surface area contributed by atoms with E-state index in [1.54, 1.807) is 22.7 Å². The van der Waals surface area contributed by atoms with E-state index in [2.05, 4.69) is 15.5 Å². The van der Waals surface area contributed by atoms with Crippen LogP contribution in [0.1, 0.15) is 6.42 Å². The lowest BCUT2D eigenvalue weighted by atomic mass is 10.3. The Bertz CT molecular complexity index is 649. The Morgan fingerprint density at radius 1 is 1.28 bits per heavy atom. The number of amides is 3. The Kier molecular flexibility index (Phi) is 2.15. The van der Waals surface area contributed by atoms with Crippen molar-refractivity contribution in [2.24, 2.45) is 0 Å². The molecule has 3 amide bonds. The molecule has 2 aromatic heterocycles. The second-order valence-electron chi connectivity index (χ2n) is 3.95. The SMILES string of the molecule is Nc1ccc2nnc(N3CCC(=O)NC3=O)n2c1. The molecule has 0 radical (unpaired) electrons. The molecule has 0 atom stereocenters. The number of fused-ring (bicyclic) bond motifs is 1. The quantitative estimate of drug-likeness (QED) is 0.722. The fourth-order valence-corrected chi connectivity index (χ4v) is 1.83. The molecule has 1 aliphatic heterocycles. The minimum atomic E-state index is -0.497. The lowest BCUT2D eigenvalue weighted by Gasteiger charge is -2.24. The summed E-state index contributed by atoms with van der Waals surface area (Å²) in [7, 11) is 0. The molecule has 0 spiro atoms. The predicted molar refractivity (Wildman–Crippen MR) is 62.9 cm³/mol. The summed E-state index contributed by atoms with van der Waals surface area (Å²) in [6, 6.07) is 2.91. The number of anilines is 2. The van der Waals surface area contributed by atoms with Crippen molar-refractivity contribution in [3.05, 3.63) is 18.3 Å². The summed E-state index contributed by atoms with van der Waals surface area (Å²) < 4.78 is 1.62. The van der Waals surface area contributed by atoms with Crippen molar-refractivity contribution < 1.29 is 9.59 Å². The molecule has 0 bridgehead atoms. The van der Waals surface area contributed by atoms with Crippen LogP contribution in [0.15, 0.2) is 18.3 Å². The van der Waals surface area contributed by atoms with Gasteiger partial charge in [-0.25, -0.2) is 4.79 Å². The third kappa shape index (κ3) is 1.54. The van der Waals surface area contributed by atoms with E-state index in [9.17, 15) is 9.59 Å². The Morgan fingerprint density at radius 3 is 2.89 bits per heavy atom. The highest BCUT2D eigenvalue weighted by atomic mass is 16.2. The fourth-order valence-electron chi connectivity index (χ4n) is 1.83. The van der Waals surface area contributed by atoms with Gasteiger partial charge in [0.2, 0.25) is 11.9 Å². The minimum absolute atomic E-state index is 0.239. The zero-order valence-electron chi connectivity index (χ0n) is 9.33. The monoisotopic (exact) mass is 246 g/mol. The number of aromatic nitrogens is 3. The van der Waals surface area contributed by atoms with E-state index in [1.165, 1.54) is 4.90 Å². The number of imide groups is 1. The zero-order valence-corrected chi connectivity index (χ0v) is 9.33. The van der Waals surface area contributed by atoms with Gasteiger partial charge >= 0.3 is 6.03 Å². The lowest BCUT2D eigenvalue weighted by molar-refractivity contribution is -0.120. The van der Waals surface area contributed by atoms with E-state index in [4.69, 9.17) is 5.73 Å². The summed E-state index contributed by atoms with van der Waals surface area (Å²) in [5, 5.41) is 10.1. The van der Waals surface area contributed by atoms with E-state index in [0.29, 0.717) is 17.3 Å². The number of carbonyl (C=O) groups is 2. The largest absolute Gasteiger partial charge is 0.398 e. The molecule has 3 heterocycles. The topological polar surface area (TPSA) is 106 Å². The van der Waals surface area contributed by atoms with Crippen LogP contribution >= 0.6 is 0 Å². The van der Waals surface area contributed by atoms with Gasteiger partial charge in [-0.15, -0.1) is 10.2 Å². The van der Waals surface area contributed by atoms with Crippen LogP contribution < -0.4 is 16.0 Å². The number of nitrogens with zero attached hydrogens (tertiary/aromatic N) is 4. The van der Waals surface area contributed by atoms with E-state index < -0.39 is 6.03 Å². The van der Waals surface area contributed by atoms with E-state index >= 15 is 0 Å². The second kappa shape index (κ2) is 3.69. The van der Waals surface area contributed by atoms with Crippen LogP contribution in [0, 0.1) is 0 Å². The number of pyridine rings is 1. The highest BCUT2D eigenvalue weighted by Crippen LogP contribution is 2.17. The van der Waals surface area contributed by atoms with Gasteiger partial charge in [0.25, 0.3) is 0 Å². The summed E-state index contributed by atoms with van der Waals surface area (Å²) in [6.07, 6.45) is 1.87. The number of urea groups is 1. The van der Waals surface area contributed by atoms with Gasteiger partial charge in [-0.2, -0.15) is 0 Å². The third-order valence-corrected chi connectivity index (χ3v) is 2.70. The third-order valence-electron chi connectivity index (χ3n) is 2.70. The maximum absolute atomic E-state index is 11.7. The molecule has 8 nitrogen and oxygen atoms in total. The van der Waals surface area contributed by atoms with Crippen molar-refractivity contribution in [2.45, 2.75) is 6.42 Å². The highest BCUT2D eigenvalue weighted by Gasteiger charge is 2.27. The number of nitrogen functional groups attached to an aromatic ring is 1. The van der Waals surface area contributed by atoms with Crippen LogP contribution in [-0.4, -0.2) is 33.1 Å². The number of nitrogens with one attached hydrogen (secondary N) is 1. The van der Waals surface area contributed by atoms with Crippen LogP contribution in [0.3, 0.4) is 0 Å². The first-order valence-electron chi connectivity index (χ1n) is 5.37. The van der Waals surface area contributed by atoms with Gasteiger partial charge in [0.15, 0.2) is 5.65 Å². The summed E-state index contributed by atoms with van der Waals surface area (Å²) >= 11 is 0. The molecule has 18 heavy (non-hydrogen) atoms. The molecule has 1 aliphatic rings. The Balaban J connectivity index is 2.06. The number of rotatable bonds is 1. The molecule has 0 unspecified atom stereocenters. The molecule has 92 valence electrons. The molecular weight excluding hydrogens is 236 g/mol. The van der Waals surface area contributed by atoms with Gasteiger partial charge in [0.05, 0.1) is 0 Å². The van der Waals surface area contributed by atoms with Crippen LogP contribution in [0.25, 0.3) is 5.65 Å². The Hall–Kier alpha value is -2.64. The molecule has 3 rings (SSSR count). The second-order valence-corrected chi connectivity index (χ2v) is 3.95. The van der Waals surface area contributed by atoms with Gasteiger partial charge in [-0.3, -0.25) is 19.4 Å². The normalized spacial score (nSPS) is 16.1. The van der Waals surface area contributed by atoms with Gasteiger partial charge in [0.1, 0.15) is 0 Å².